The first-order valence-electron chi connectivity index (χ1n) is 3.89. The van der Waals surface area contributed by atoms with E-state index >= 15 is 0 Å². The molecule has 2 N–H and O–H groups in total. The van der Waals surface area contributed by atoms with Gasteiger partial charge in [0.2, 0.25) is 0 Å². The Morgan fingerprint density at radius 2 is 2.25 bits per heavy atom. The highest BCUT2D eigenvalue weighted by atomic mass is 16.1. The summed E-state index contributed by atoms with van der Waals surface area (Å²) in [6, 6.07) is 0. The molecule has 0 radical (unpaired) electrons. The van der Waals surface area contributed by atoms with Crippen LogP contribution in [0.15, 0.2) is 11.1 Å². The van der Waals surface area contributed by atoms with E-state index in [0.717, 1.165) is 5.69 Å². The zero-order chi connectivity index (χ0) is 9.14. The summed E-state index contributed by atoms with van der Waals surface area (Å²) >= 11 is 0. The second kappa shape index (κ2) is 3.49. The van der Waals surface area contributed by atoms with Gasteiger partial charge in [-0.05, 0) is 13.8 Å². The third kappa shape index (κ3) is 1.53. The van der Waals surface area contributed by atoms with Crippen LogP contribution in [0.25, 0.3) is 0 Å². The normalized spacial score (nSPS) is 10.2. The van der Waals surface area contributed by atoms with E-state index in [1.807, 2.05) is 6.92 Å². The molecule has 0 bridgehead atoms. The summed E-state index contributed by atoms with van der Waals surface area (Å²) in [7, 11) is 0. The van der Waals surface area contributed by atoms with Crippen LogP contribution in [0, 0.1) is 13.8 Å². The van der Waals surface area contributed by atoms with Crippen molar-refractivity contribution in [1.29, 1.82) is 0 Å². The van der Waals surface area contributed by atoms with Crippen LogP contribution in [0.2, 0.25) is 0 Å². The highest BCUT2D eigenvalue weighted by Crippen LogP contribution is 1.93. The van der Waals surface area contributed by atoms with Gasteiger partial charge in [0.15, 0.2) is 0 Å². The Morgan fingerprint density at radius 3 is 2.83 bits per heavy atom. The second-order valence-corrected chi connectivity index (χ2v) is 2.74. The van der Waals surface area contributed by atoms with Gasteiger partial charge in [-0.25, -0.2) is 4.98 Å². The molecule has 0 saturated carbocycles. The number of nitrogens with zero attached hydrogens (tertiary/aromatic N) is 2. The average molecular weight is 167 g/mol. The van der Waals surface area contributed by atoms with Gasteiger partial charge in [-0.3, -0.25) is 9.36 Å². The van der Waals surface area contributed by atoms with Gasteiger partial charge in [0.05, 0.1) is 6.33 Å². The third-order valence-corrected chi connectivity index (χ3v) is 1.89. The molecule has 0 aromatic carbocycles. The lowest BCUT2D eigenvalue weighted by Crippen LogP contribution is -2.26. The number of aromatic nitrogens is 2. The van der Waals surface area contributed by atoms with Crippen LogP contribution in [0.1, 0.15) is 11.3 Å². The maximum atomic E-state index is 11.4. The number of nitrogens with two attached hydrogens (primary N) is 1. The van der Waals surface area contributed by atoms with Crippen LogP contribution in [0.3, 0.4) is 0 Å². The zero-order valence-corrected chi connectivity index (χ0v) is 7.37. The minimum atomic E-state index is 0.00736. The fourth-order valence-corrected chi connectivity index (χ4v) is 0.974. The van der Waals surface area contributed by atoms with Crippen LogP contribution >= 0.6 is 0 Å². The number of hydrogen-bond acceptors (Lipinski definition) is 3. The monoisotopic (exact) mass is 167 g/mol. The lowest BCUT2D eigenvalue weighted by molar-refractivity contribution is 0.656. The first-order chi connectivity index (χ1) is 5.66. The van der Waals surface area contributed by atoms with E-state index in [1.54, 1.807) is 6.92 Å². The van der Waals surface area contributed by atoms with E-state index in [0.29, 0.717) is 18.7 Å². The minimum absolute atomic E-state index is 0.00736. The fraction of sp³-hybridized carbons (Fsp3) is 0.500. The van der Waals surface area contributed by atoms with Crippen molar-refractivity contribution in [2.24, 2.45) is 5.73 Å². The summed E-state index contributed by atoms with van der Waals surface area (Å²) in [4.78, 5) is 15.5. The van der Waals surface area contributed by atoms with Gasteiger partial charge in [-0.2, -0.15) is 0 Å². The standard InChI is InChI=1S/C8H13N3O/c1-6-7(2)10-5-11(4-3-9)8(6)12/h5H,3-4,9H2,1-2H3. The molecule has 1 rings (SSSR count). The molecule has 0 saturated heterocycles. The van der Waals surface area contributed by atoms with Crippen molar-refractivity contribution in [3.05, 3.63) is 27.9 Å². The van der Waals surface area contributed by atoms with Crippen molar-refractivity contribution in [2.75, 3.05) is 6.54 Å². The highest BCUT2D eigenvalue weighted by molar-refractivity contribution is 5.12. The van der Waals surface area contributed by atoms with Crippen LogP contribution in [0.5, 0.6) is 0 Å². The Bertz CT molecular complexity index is 330. The number of hydrogen-bond donors (Lipinski definition) is 1. The fourth-order valence-electron chi connectivity index (χ4n) is 0.974. The summed E-state index contributed by atoms with van der Waals surface area (Å²) in [5.74, 6) is 0. The Kier molecular flexibility index (Phi) is 2.60. The van der Waals surface area contributed by atoms with Crippen LogP contribution < -0.4 is 11.3 Å². The molecule has 12 heavy (non-hydrogen) atoms. The van der Waals surface area contributed by atoms with Gasteiger partial charge in [-0.1, -0.05) is 0 Å². The van der Waals surface area contributed by atoms with Crippen molar-refractivity contribution in [3.63, 3.8) is 0 Å². The summed E-state index contributed by atoms with van der Waals surface area (Å²) in [6.07, 6.45) is 1.54. The molecule has 0 unspecified atom stereocenters. The molecule has 0 spiro atoms. The average Bonchev–Trinajstić information content (AvgIpc) is 2.07. The van der Waals surface area contributed by atoms with E-state index in [4.69, 9.17) is 5.73 Å². The molecule has 4 heteroatoms. The SMILES string of the molecule is Cc1ncn(CCN)c(=O)c1C. The predicted octanol–water partition coefficient (Wildman–Crippen LogP) is -0.181. The van der Waals surface area contributed by atoms with Crippen molar-refractivity contribution in [3.8, 4) is 0 Å². The molecule has 66 valence electrons. The molecule has 0 atom stereocenters. The highest BCUT2D eigenvalue weighted by Gasteiger charge is 2.01. The summed E-state index contributed by atoms with van der Waals surface area (Å²) < 4.78 is 1.53. The molecule has 0 amide bonds. The maximum absolute atomic E-state index is 11.4. The smallest absolute Gasteiger partial charge is 0.256 e. The molecule has 4 nitrogen and oxygen atoms in total. The lowest BCUT2D eigenvalue weighted by Gasteiger charge is -2.04. The van der Waals surface area contributed by atoms with Gasteiger partial charge in [0, 0.05) is 24.3 Å². The van der Waals surface area contributed by atoms with E-state index in [2.05, 4.69) is 4.98 Å². The van der Waals surface area contributed by atoms with Crippen LogP contribution in [-0.2, 0) is 6.54 Å². The molecule has 0 fully saturated rings. The Morgan fingerprint density at radius 1 is 1.58 bits per heavy atom. The summed E-state index contributed by atoms with van der Waals surface area (Å²) in [5.41, 5.74) is 6.82. The molecular formula is C8H13N3O. The van der Waals surface area contributed by atoms with Crippen molar-refractivity contribution < 1.29 is 0 Å². The number of rotatable bonds is 2. The maximum Gasteiger partial charge on any atom is 0.256 e. The molecule has 1 aromatic heterocycles. The summed E-state index contributed by atoms with van der Waals surface area (Å²) in [6.45, 7) is 4.60. The molecule has 1 heterocycles. The molecule has 1 aromatic rings. The minimum Gasteiger partial charge on any atom is -0.329 e. The number of aryl methyl sites for hydroxylation is 1. The largest absolute Gasteiger partial charge is 0.329 e. The van der Waals surface area contributed by atoms with E-state index in [9.17, 15) is 4.79 Å². The van der Waals surface area contributed by atoms with Crippen molar-refractivity contribution >= 4 is 0 Å². The van der Waals surface area contributed by atoms with E-state index < -0.39 is 0 Å². The van der Waals surface area contributed by atoms with Crippen molar-refractivity contribution in [1.82, 2.24) is 9.55 Å². The Hall–Kier alpha value is -1.16. The van der Waals surface area contributed by atoms with Gasteiger partial charge in [0.1, 0.15) is 0 Å². The molecule has 0 aliphatic rings. The van der Waals surface area contributed by atoms with Gasteiger partial charge >= 0.3 is 0 Å². The molecular weight excluding hydrogens is 154 g/mol. The quantitative estimate of drug-likeness (QED) is 0.664. The lowest BCUT2D eigenvalue weighted by atomic mass is 10.3. The van der Waals surface area contributed by atoms with E-state index in [-0.39, 0.29) is 5.56 Å². The molecule has 0 aliphatic heterocycles. The van der Waals surface area contributed by atoms with Crippen LogP contribution in [-0.4, -0.2) is 16.1 Å². The summed E-state index contributed by atoms with van der Waals surface area (Å²) in [5, 5.41) is 0. The Labute approximate surface area is 71.0 Å². The van der Waals surface area contributed by atoms with Gasteiger partial charge < -0.3 is 5.73 Å². The topological polar surface area (TPSA) is 60.9 Å². The second-order valence-electron chi connectivity index (χ2n) is 2.74. The first kappa shape index (κ1) is 8.93. The molecule has 0 aliphatic carbocycles. The van der Waals surface area contributed by atoms with E-state index in [1.165, 1.54) is 10.9 Å². The Balaban J connectivity index is 3.18. The van der Waals surface area contributed by atoms with Gasteiger partial charge in [-0.15, -0.1) is 0 Å². The van der Waals surface area contributed by atoms with Crippen molar-refractivity contribution in [2.45, 2.75) is 20.4 Å². The predicted molar refractivity (Wildman–Crippen MR) is 47.0 cm³/mol. The third-order valence-electron chi connectivity index (χ3n) is 1.89. The first-order valence-corrected chi connectivity index (χ1v) is 3.89. The van der Waals surface area contributed by atoms with Gasteiger partial charge in [0.25, 0.3) is 5.56 Å². The van der Waals surface area contributed by atoms with Crippen LogP contribution in [0.4, 0.5) is 0 Å². The zero-order valence-electron chi connectivity index (χ0n) is 7.37.